The maximum atomic E-state index is 11.7. The topological polar surface area (TPSA) is 66.8 Å². The molecule has 0 unspecified atom stereocenters. The van der Waals surface area contributed by atoms with E-state index in [4.69, 9.17) is 9.84 Å². The van der Waals surface area contributed by atoms with Crippen LogP contribution in [0.2, 0.25) is 0 Å². The zero-order valence-corrected chi connectivity index (χ0v) is 11.8. The van der Waals surface area contributed by atoms with Crippen LogP contribution in [0.4, 0.5) is 0 Å². The molecule has 0 aliphatic heterocycles. The van der Waals surface area contributed by atoms with E-state index in [2.05, 4.69) is 0 Å². The van der Waals surface area contributed by atoms with Gasteiger partial charge in [0.1, 0.15) is 13.2 Å². The summed E-state index contributed by atoms with van der Waals surface area (Å²) in [6.07, 6.45) is 2.00. The summed E-state index contributed by atoms with van der Waals surface area (Å²) in [7, 11) is 1.66. The molecule has 0 bridgehead atoms. The monoisotopic (exact) mass is 283 g/mol. The number of carbonyl (C=O) groups is 2. The summed E-state index contributed by atoms with van der Waals surface area (Å²) >= 11 is 1.66. The molecule has 6 heteroatoms. The van der Waals surface area contributed by atoms with E-state index in [1.54, 1.807) is 18.8 Å². The molecule has 0 aliphatic carbocycles. The van der Waals surface area contributed by atoms with Crippen LogP contribution in [0.1, 0.15) is 5.56 Å². The van der Waals surface area contributed by atoms with Gasteiger partial charge in [-0.15, -0.1) is 11.8 Å². The number of carboxylic acid groups (broad SMARTS) is 1. The molecule has 5 nitrogen and oxygen atoms in total. The molecule has 19 heavy (non-hydrogen) atoms. The molecule has 1 aromatic carbocycles. The van der Waals surface area contributed by atoms with Gasteiger partial charge < -0.3 is 14.7 Å². The van der Waals surface area contributed by atoms with Crippen molar-refractivity contribution in [3.05, 3.63) is 29.8 Å². The van der Waals surface area contributed by atoms with Crippen LogP contribution >= 0.6 is 11.8 Å². The molecule has 0 aliphatic rings. The van der Waals surface area contributed by atoms with Crippen LogP contribution in [-0.2, 0) is 20.9 Å². The van der Waals surface area contributed by atoms with E-state index in [0.717, 1.165) is 5.56 Å². The first kappa shape index (κ1) is 15.5. The maximum absolute atomic E-state index is 11.7. The molecule has 0 spiro atoms. The second kappa shape index (κ2) is 7.81. The first-order valence-electron chi connectivity index (χ1n) is 5.69. The molecule has 0 radical (unpaired) electrons. The Kier molecular flexibility index (Phi) is 6.38. The smallest absolute Gasteiger partial charge is 0.329 e. The minimum atomic E-state index is -1.08. The van der Waals surface area contributed by atoms with E-state index in [0.29, 0.717) is 6.54 Å². The van der Waals surface area contributed by atoms with Gasteiger partial charge in [-0.3, -0.25) is 4.79 Å². The van der Waals surface area contributed by atoms with E-state index < -0.39 is 12.6 Å². The van der Waals surface area contributed by atoms with Gasteiger partial charge in [-0.05, 0) is 24.0 Å². The van der Waals surface area contributed by atoms with Gasteiger partial charge in [0.2, 0.25) is 5.91 Å². The van der Waals surface area contributed by atoms with Crippen molar-refractivity contribution >= 4 is 23.6 Å². The molecule has 1 amide bonds. The molecule has 104 valence electrons. The average Bonchev–Trinajstić information content (AvgIpc) is 2.39. The number of thioether (sulfide) groups is 1. The summed E-state index contributed by atoms with van der Waals surface area (Å²) in [5.74, 6) is -1.32. The molecule has 1 aromatic rings. The van der Waals surface area contributed by atoms with E-state index in [1.807, 2.05) is 30.5 Å². The third-order valence-corrected chi connectivity index (χ3v) is 3.20. The largest absolute Gasteiger partial charge is 0.480 e. The summed E-state index contributed by atoms with van der Waals surface area (Å²) in [4.78, 5) is 24.6. The zero-order valence-electron chi connectivity index (χ0n) is 11.0. The van der Waals surface area contributed by atoms with Gasteiger partial charge >= 0.3 is 5.97 Å². The van der Waals surface area contributed by atoms with Crippen molar-refractivity contribution in [2.45, 2.75) is 11.4 Å². The normalized spacial score (nSPS) is 10.2. The third kappa shape index (κ3) is 5.76. The van der Waals surface area contributed by atoms with Crippen molar-refractivity contribution in [2.75, 3.05) is 26.5 Å². The highest BCUT2D eigenvalue weighted by molar-refractivity contribution is 7.98. The Labute approximate surface area is 116 Å². The molecular weight excluding hydrogens is 266 g/mol. The molecule has 0 atom stereocenters. The van der Waals surface area contributed by atoms with Crippen LogP contribution in [0.5, 0.6) is 0 Å². The second-order valence-electron chi connectivity index (χ2n) is 3.98. The van der Waals surface area contributed by atoms with E-state index >= 15 is 0 Å². The Morgan fingerprint density at radius 3 is 2.42 bits per heavy atom. The zero-order chi connectivity index (χ0) is 14.3. The van der Waals surface area contributed by atoms with Crippen LogP contribution in [0.3, 0.4) is 0 Å². The SMILES string of the molecule is CSc1ccc(CN(C)C(=O)COCC(=O)O)cc1. The molecule has 0 saturated carbocycles. The van der Waals surface area contributed by atoms with Gasteiger partial charge in [0, 0.05) is 18.5 Å². The third-order valence-electron chi connectivity index (χ3n) is 2.46. The van der Waals surface area contributed by atoms with Gasteiger partial charge in [-0.25, -0.2) is 4.79 Å². The number of likely N-dealkylation sites (N-methyl/N-ethyl adjacent to an activating group) is 1. The van der Waals surface area contributed by atoms with E-state index in [9.17, 15) is 9.59 Å². The molecule has 0 fully saturated rings. The van der Waals surface area contributed by atoms with Gasteiger partial charge in [0.25, 0.3) is 0 Å². The summed E-state index contributed by atoms with van der Waals surface area (Å²) in [6.45, 7) is -0.197. The number of hydrogen-bond acceptors (Lipinski definition) is 4. The van der Waals surface area contributed by atoms with Gasteiger partial charge in [-0.1, -0.05) is 12.1 Å². The van der Waals surface area contributed by atoms with Crippen LogP contribution < -0.4 is 0 Å². The van der Waals surface area contributed by atoms with Gasteiger partial charge in [0.15, 0.2) is 0 Å². The predicted octanol–water partition coefficient (Wildman–Crippen LogP) is 1.47. The van der Waals surface area contributed by atoms with Crippen molar-refractivity contribution in [3.63, 3.8) is 0 Å². The Morgan fingerprint density at radius 1 is 1.26 bits per heavy atom. The lowest BCUT2D eigenvalue weighted by molar-refractivity contribution is -0.145. The fourth-order valence-corrected chi connectivity index (χ4v) is 1.84. The lowest BCUT2D eigenvalue weighted by Crippen LogP contribution is -2.30. The number of rotatable bonds is 7. The lowest BCUT2D eigenvalue weighted by Gasteiger charge is -2.17. The van der Waals surface area contributed by atoms with Gasteiger partial charge in [0.05, 0.1) is 0 Å². The fraction of sp³-hybridized carbons (Fsp3) is 0.385. The predicted molar refractivity (Wildman–Crippen MR) is 73.2 cm³/mol. The molecule has 1 rings (SSSR count). The first-order chi connectivity index (χ1) is 9.02. The van der Waals surface area contributed by atoms with Crippen molar-refractivity contribution in [1.82, 2.24) is 4.90 Å². The summed E-state index contributed by atoms with van der Waals surface area (Å²) in [6, 6.07) is 7.93. The number of hydrogen-bond donors (Lipinski definition) is 1. The van der Waals surface area contributed by atoms with Crippen molar-refractivity contribution < 1.29 is 19.4 Å². The number of amides is 1. The number of carboxylic acids is 1. The molecule has 0 heterocycles. The van der Waals surface area contributed by atoms with Crippen LogP contribution in [-0.4, -0.2) is 48.4 Å². The van der Waals surface area contributed by atoms with Gasteiger partial charge in [-0.2, -0.15) is 0 Å². The average molecular weight is 283 g/mol. The highest BCUT2D eigenvalue weighted by Gasteiger charge is 2.10. The quantitative estimate of drug-likeness (QED) is 0.768. The Morgan fingerprint density at radius 2 is 1.89 bits per heavy atom. The Bertz CT molecular complexity index is 433. The van der Waals surface area contributed by atoms with Crippen molar-refractivity contribution in [3.8, 4) is 0 Å². The lowest BCUT2D eigenvalue weighted by atomic mass is 10.2. The van der Waals surface area contributed by atoms with E-state index in [-0.39, 0.29) is 12.5 Å². The summed E-state index contributed by atoms with van der Waals surface area (Å²) in [5.41, 5.74) is 1.02. The van der Waals surface area contributed by atoms with Crippen LogP contribution in [0, 0.1) is 0 Å². The highest BCUT2D eigenvalue weighted by Crippen LogP contribution is 2.15. The summed E-state index contributed by atoms with van der Waals surface area (Å²) < 4.78 is 4.76. The second-order valence-corrected chi connectivity index (χ2v) is 4.86. The molecule has 0 saturated heterocycles. The minimum absolute atomic E-state index is 0.217. The number of ether oxygens (including phenoxy) is 1. The fourth-order valence-electron chi connectivity index (χ4n) is 1.43. The number of benzene rings is 1. The molecule has 1 N–H and O–H groups in total. The standard InChI is InChI=1S/C13H17NO4S/c1-14(12(15)8-18-9-13(16)17)7-10-3-5-11(19-2)6-4-10/h3-6H,7-9H2,1-2H3,(H,16,17). The van der Waals surface area contributed by atoms with Crippen LogP contribution in [0.25, 0.3) is 0 Å². The number of nitrogens with zero attached hydrogens (tertiary/aromatic N) is 1. The number of carbonyl (C=O) groups excluding carboxylic acids is 1. The van der Waals surface area contributed by atoms with Crippen molar-refractivity contribution in [1.29, 1.82) is 0 Å². The Hall–Kier alpha value is -1.53. The Balaban J connectivity index is 2.42. The number of aliphatic carboxylic acids is 1. The van der Waals surface area contributed by atoms with E-state index in [1.165, 1.54) is 9.80 Å². The highest BCUT2D eigenvalue weighted by atomic mass is 32.2. The molecule has 0 aromatic heterocycles. The maximum Gasteiger partial charge on any atom is 0.329 e. The first-order valence-corrected chi connectivity index (χ1v) is 6.92. The minimum Gasteiger partial charge on any atom is -0.480 e. The molecular formula is C13H17NO4S. The van der Waals surface area contributed by atoms with Crippen LogP contribution in [0.15, 0.2) is 29.2 Å². The van der Waals surface area contributed by atoms with Crippen molar-refractivity contribution in [2.24, 2.45) is 0 Å². The summed E-state index contributed by atoms with van der Waals surface area (Å²) in [5, 5.41) is 8.40.